The molecule has 0 radical (unpaired) electrons. The zero-order chi connectivity index (χ0) is 41.4. The molecule has 9 aromatic rings. The lowest BCUT2D eigenvalue weighted by atomic mass is 9.55. The molecule has 0 aromatic heterocycles. The van der Waals surface area contributed by atoms with E-state index in [0.717, 1.165) is 18.7 Å². The molecule has 0 unspecified atom stereocenters. The number of benzene rings is 9. The molecule has 0 bridgehead atoms. The van der Waals surface area contributed by atoms with E-state index in [1.165, 1.54) is 111 Å². The third-order valence-electron chi connectivity index (χ3n) is 13.2. The topological polar surface area (TPSA) is 15.3 Å². The van der Waals surface area contributed by atoms with Crippen LogP contribution < -0.4 is 21.1 Å². The maximum atomic E-state index is 3.99. The van der Waals surface area contributed by atoms with Crippen LogP contribution in [0.5, 0.6) is 0 Å². The molecule has 9 aromatic carbocycles. The van der Waals surface area contributed by atoms with Crippen molar-refractivity contribution in [1.29, 1.82) is 0 Å². The highest BCUT2D eigenvalue weighted by atomic mass is 15.2. The van der Waals surface area contributed by atoms with E-state index in [-0.39, 0.29) is 5.41 Å². The molecule has 2 aliphatic rings. The van der Waals surface area contributed by atoms with Gasteiger partial charge in [0.2, 0.25) is 0 Å². The van der Waals surface area contributed by atoms with E-state index in [4.69, 9.17) is 0 Å². The summed E-state index contributed by atoms with van der Waals surface area (Å²) in [6.07, 6.45) is 0. The Kier molecular flexibility index (Phi) is 8.65. The van der Waals surface area contributed by atoms with Crippen LogP contribution in [-0.2, 0) is 5.41 Å². The van der Waals surface area contributed by atoms with E-state index in [9.17, 15) is 0 Å². The predicted molar refractivity (Wildman–Crippen MR) is 263 cm³/mol. The SMILES string of the molecule is Cc1cc(C)c(-c2cc(-c3ccccc3Nc3cc(-c4ccccc4)cc(-c4ccccc4)c3)c3c(c2)N2c4ccc5ccccc5c4C(C)(C)c4cccc(c42)B3)c(C)c1. The number of hydrogen-bond donors (Lipinski definition) is 1. The van der Waals surface area contributed by atoms with Crippen LogP contribution in [0.15, 0.2) is 182 Å². The van der Waals surface area contributed by atoms with Gasteiger partial charge in [-0.3, -0.25) is 0 Å². The minimum atomic E-state index is -0.191. The molecule has 0 saturated heterocycles. The van der Waals surface area contributed by atoms with Gasteiger partial charge in [-0.05, 0) is 141 Å². The fourth-order valence-corrected chi connectivity index (χ4v) is 10.6. The molecule has 0 atom stereocenters. The average molecular weight is 783 g/mol. The molecule has 0 fully saturated rings. The van der Waals surface area contributed by atoms with Crippen molar-refractivity contribution >= 4 is 57.4 Å². The van der Waals surface area contributed by atoms with Crippen molar-refractivity contribution in [3.8, 4) is 44.5 Å². The molecule has 2 aliphatic heterocycles. The van der Waals surface area contributed by atoms with Gasteiger partial charge in [0.1, 0.15) is 0 Å². The number of nitrogens with zero attached hydrogens (tertiary/aromatic N) is 1. The largest absolute Gasteiger partial charge is 0.355 e. The van der Waals surface area contributed by atoms with Crippen LogP contribution in [-0.4, -0.2) is 7.28 Å². The van der Waals surface area contributed by atoms with Gasteiger partial charge in [0, 0.05) is 33.7 Å². The molecule has 292 valence electrons. The number of hydrogen-bond acceptors (Lipinski definition) is 2. The summed E-state index contributed by atoms with van der Waals surface area (Å²) in [6, 6.07) is 67.4. The monoisotopic (exact) mass is 782 g/mol. The number of fused-ring (bicyclic) bond motifs is 6. The first kappa shape index (κ1) is 36.9. The highest BCUT2D eigenvalue weighted by Gasteiger charge is 2.42. The number of nitrogens with one attached hydrogen (secondary N) is 1. The van der Waals surface area contributed by atoms with E-state index in [2.05, 4.69) is 227 Å². The van der Waals surface area contributed by atoms with E-state index in [1.807, 2.05) is 0 Å². The second kappa shape index (κ2) is 14.3. The molecule has 0 amide bonds. The predicted octanol–water partition coefficient (Wildman–Crippen LogP) is 14.0. The van der Waals surface area contributed by atoms with Crippen LogP contribution in [0, 0.1) is 20.8 Å². The van der Waals surface area contributed by atoms with Crippen molar-refractivity contribution in [2.24, 2.45) is 0 Å². The van der Waals surface area contributed by atoms with Crippen LogP contribution in [0.2, 0.25) is 0 Å². The molecule has 1 N–H and O–H groups in total. The summed E-state index contributed by atoms with van der Waals surface area (Å²) >= 11 is 0. The van der Waals surface area contributed by atoms with Gasteiger partial charge in [-0.25, -0.2) is 0 Å². The van der Waals surface area contributed by atoms with Gasteiger partial charge in [-0.1, -0.05) is 164 Å². The first-order chi connectivity index (χ1) is 29.7. The van der Waals surface area contributed by atoms with Crippen LogP contribution in [0.3, 0.4) is 0 Å². The van der Waals surface area contributed by atoms with Crippen LogP contribution in [0.1, 0.15) is 41.7 Å². The van der Waals surface area contributed by atoms with Crippen molar-refractivity contribution in [2.45, 2.75) is 40.0 Å². The van der Waals surface area contributed by atoms with E-state index >= 15 is 0 Å². The second-order valence-electron chi connectivity index (χ2n) is 17.6. The number of aryl methyl sites for hydroxylation is 3. The lowest BCUT2D eigenvalue weighted by molar-refractivity contribution is 0.639. The van der Waals surface area contributed by atoms with Crippen molar-refractivity contribution < 1.29 is 0 Å². The van der Waals surface area contributed by atoms with Crippen molar-refractivity contribution in [2.75, 3.05) is 10.2 Å². The minimum absolute atomic E-state index is 0.191. The van der Waals surface area contributed by atoms with E-state index in [1.54, 1.807) is 0 Å². The summed E-state index contributed by atoms with van der Waals surface area (Å²) < 4.78 is 0. The lowest BCUT2D eigenvalue weighted by Crippen LogP contribution is -2.45. The van der Waals surface area contributed by atoms with Crippen molar-refractivity contribution in [3.63, 3.8) is 0 Å². The smallest absolute Gasteiger partial charge is 0.198 e. The third-order valence-corrected chi connectivity index (χ3v) is 13.2. The Morgan fingerprint density at radius 3 is 1.89 bits per heavy atom. The molecule has 0 spiro atoms. The zero-order valence-corrected chi connectivity index (χ0v) is 35.5. The Morgan fingerprint density at radius 2 is 1.16 bits per heavy atom. The quantitative estimate of drug-likeness (QED) is 0.169. The normalized spacial score (nSPS) is 13.2. The summed E-state index contributed by atoms with van der Waals surface area (Å²) in [7, 11) is 0.839. The van der Waals surface area contributed by atoms with Gasteiger partial charge in [0.25, 0.3) is 0 Å². The maximum Gasteiger partial charge on any atom is 0.198 e. The summed E-state index contributed by atoms with van der Waals surface area (Å²) in [5.74, 6) is 0. The average Bonchev–Trinajstić information content (AvgIpc) is 3.27. The van der Waals surface area contributed by atoms with Gasteiger partial charge in [0.05, 0.1) is 5.69 Å². The molecular weight excluding hydrogens is 735 g/mol. The van der Waals surface area contributed by atoms with E-state index < -0.39 is 0 Å². The fourth-order valence-electron chi connectivity index (χ4n) is 10.6. The highest BCUT2D eigenvalue weighted by Crippen LogP contribution is 2.55. The van der Waals surface area contributed by atoms with Gasteiger partial charge < -0.3 is 10.2 Å². The highest BCUT2D eigenvalue weighted by molar-refractivity contribution is 6.73. The van der Waals surface area contributed by atoms with Gasteiger partial charge >= 0.3 is 0 Å². The summed E-state index contributed by atoms with van der Waals surface area (Å²) in [4.78, 5) is 2.62. The lowest BCUT2D eigenvalue weighted by Gasteiger charge is -2.46. The molecule has 0 saturated carbocycles. The Labute approximate surface area is 360 Å². The van der Waals surface area contributed by atoms with Crippen LogP contribution in [0.4, 0.5) is 28.4 Å². The second-order valence-corrected chi connectivity index (χ2v) is 17.6. The van der Waals surface area contributed by atoms with E-state index in [0.29, 0.717) is 0 Å². The molecule has 2 heterocycles. The summed E-state index contributed by atoms with van der Waals surface area (Å²) in [5, 5.41) is 6.58. The third kappa shape index (κ3) is 6.10. The fraction of sp³-hybridized carbons (Fsp3) is 0.103. The molecule has 0 aliphatic carbocycles. The summed E-state index contributed by atoms with van der Waals surface area (Å²) in [6.45, 7) is 11.6. The summed E-state index contributed by atoms with van der Waals surface area (Å²) in [5.41, 5.74) is 24.9. The molecule has 61 heavy (non-hydrogen) atoms. The zero-order valence-electron chi connectivity index (χ0n) is 35.5. The first-order valence-electron chi connectivity index (χ1n) is 21.6. The maximum absolute atomic E-state index is 3.99. The molecular formula is C58H47BN2. The number of rotatable bonds is 6. The Balaban J connectivity index is 1.16. The van der Waals surface area contributed by atoms with Gasteiger partial charge in [-0.15, -0.1) is 0 Å². The standard InChI is InChI=1S/C58H47BN2/c1-36-29-37(2)54(38(3)30-36)44-34-48(47-23-14-15-26-51(47)60-45-32-42(39-17-8-6-9-18-39)31-43(33-45)40-19-10-7-11-20-40)56-53(35-44)61-52-28-27-41-21-12-13-22-46(41)55(52)58(4,5)49-24-16-25-50(59-56)57(49)61/h6-35,59-60H,1-5H3. The number of anilines is 5. The van der Waals surface area contributed by atoms with Gasteiger partial charge in [-0.2, -0.15) is 0 Å². The molecule has 11 rings (SSSR count). The van der Waals surface area contributed by atoms with Gasteiger partial charge in [0.15, 0.2) is 7.28 Å². The molecule has 3 heteroatoms. The van der Waals surface area contributed by atoms with Crippen LogP contribution >= 0.6 is 0 Å². The Hall–Kier alpha value is -7.10. The Bertz CT molecular complexity index is 3120. The minimum Gasteiger partial charge on any atom is -0.355 e. The van der Waals surface area contributed by atoms with Crippen molar-refractivity contribution in [3.05, 3.63) is 210 Å². The first-order valence-corrected chi connectivity index (χ1v) is 21.6. The number of para-hydroxylation sites is 2. The molecule has 2 nitrogen and oxygen atoms in total. The van der Waals surface area contributed by atoms with Crippen LogP contribution in [0.25, 0.3) is 55.3 Å². The Morgan fingerprint density at radius 1 is 0.508 bits per heavy atom. The van der Waals surface area contributed by atoms with Crippen molar-refractivity contribution in [1.82, 2.24) is 0 Å².